The molecule has 0 saturated carbocycles. The van der Waals surface area contributed by atoms with E-state index in [1.54, 1.807) is 11.1 Å². The van der Waals surface area contributed by atoms with Gasteiger partial charge in [-0.3, -0.25) is 4.79 Å². The first-order valence-electron chi connectivity index (χ1n) is 9.67. The zero-order valence-corrected chi connectivity index (χ0v) is 16.2. The van der Waals surface area contributed by atoms with Crippen molar-refractivity contribution in [1.29, 1.82) is 0 Å². The second-order valence-corrected chi connectivity index (χ2v) is 7.42. The van der Waals surface area contributed by atoms with E-state index in [0.29, 0.717) is 56.1 Å². The molecular weight excluding hydrogens is 356 g/mol. The minimum atomic E-state index is -0.452. The van der Waals surface area contributed by atoms with Crippen molar-refractivity contribution in [1.82, 2.24) is 19.8 Å². The molecule has 0 atom stereocenters. The van der Waals surface area contributed by atoms with Gasteiger partial charge in [0.05, 0.1) is 17.8 Å². The highest BCUT2D eigenvalue weighted by Crippen LogP contribution is 2.33. The number of aromatic nitrogens is 2. The molecular formula is C21H24N4O3. The van der Waals surface area contributed by atoms with Crippen LogP contribution in [0, 0.1) is 6.92 Å². The smallest absolute Gasteiger partial charge is 0.410 e. The zero-order chi connectivity index (χ0) is 19.7. The lowest BCUT2D eigenvalue weighted by molar-refractivity contribution is 0.00310. The molecule has 7 heteroatoms. The molecule has 4 rings (SSSR count). The van der Waals surface area contributed by atoms with Gasteiger partial charge in [0.2, 0.25) is 0 Å². The SMILES string of the molecule is CCN1CC2(CCN(C(=O)c3cnc(-c4ccccc4)nc3C)CC2)OC1=O. The van der Waals surface area contributed by atoms with Crippen LogP contribution in [0.2, 0.25) is 0 Å². The topological polar surface area (TPSA) is 75.6 Å². The van der Waals surface area contributed by atoms with Crippen LogP contribution in [-0.2, 0) is 4.74 Å². The number of aryl methyl sites for hydroxylation is 1. The number of likely N-dealkylation sites (tertiary alicyclic amines) is 1. The summed E-state index contributed by atoms with van der Waals surface area (Å²) in [5, 5.41) is 0. The largest absolute Gasteiger partial charge is 0.441 e. The molecule has 2 aliphatic heterocycles. The van der Waals surface area contributed by atoms with Gasteiger partial charge in [0.1, 0.15) is 5.60 Å². The molecule has 0 aliphatic carbocycles. The predicted molar refractivity (Wildman–Crippen MR) is 104 cm³/mol. The summed E-state index contributed by atoms with van der Waals surface area (Å²) in [4.78, 5) is 37.3. The molecule has 2 amide bonds. The van der Waals surface area contributed by atoms with E-state index in [2.05, 4.69) is 9.97 Å². The maximum Gasteiger partial charge on any atom is 0.410 e. The van der Waals surface area contributed by atoms with Gasteiger partial charge in [-0.1, -0.05) is 30.3 Å². The molecule has 2 saturated heterocycles. The van der Waals surface area contributed by atoms with E-state index in [0.717, 1.165) is 5.56 Å². The number of ether oxygens (including phenoxy) is 1. The molecule has 1 aromatic carbocycles. The lowest BCUT2D eigenvalue weighted by Crippen LogP contribution is -2.48. The Bertz CT molecular complexity index is 892. The zero-order valence-electron chi connectivity index (χ0n) is 16.2. The average molecular weight is 380 g/mol. The number of amides is 2. The molecule has 7 nitrogen and oxygen atoms in total. The Kier molecular flexibility index (Phi) is 4.75. The molecule has 28 heavy (non-hydrogen) atoms. The highest BCUT2D eigenvalue weighted by molar-refractivity contribution is 5.95. The van der Waals surface area contributed by atoms with Crippen molar-refractivity contribution < 1.29 is 14.3 Å². The third kappa shape index (κ3) is 3.32. The number of carbonyl (C=O) groups is 2. The maximum atomic E-state index is 13.0. The first-order chi connectivity index (χ1) is 13.5. The third-order valence-corrected chi connectivity index (χ3v) is 5.63. The average Bonchev–Trinajstić information content (AvgIpc) is 3.03. The van der Waals surface area contributed by atoms with E-state index in [-0.39, 0.29) is 12.0 Å². The van der Waals surface area contributed by atoms with Gasteiger partial charge in [-0.2, -0.15) is 0 Å². The van der Waals surface area contributed by atoms with E-state index < -0.39 is 5.60 Å². The maximum absolute atomic E-state index is 13.0. The normalized spacial score (nSPS) is 18.4. The van der Waals surface area contributed by atoms with Crippen LogP contribution in [0.1, 0.15) is 35.8 Å². The number of hydrogen-bond acceptors (Lipinski definition) is 5. The van der Waals surface area contributed by atoms with Crippen molar-refractivity contribution in [3.8, 4) is 11.4 Å². The van der Waals surface area contributed by atoms with Gasteiger partial charge in [0.15, 0.2) is 5.82 Å². The number of nitrogens with zero attached hydrogens (tertiary/aromatic N) is 4. The summed E-state index contributed by atoms with van der Waals surface area (Å²) in [7, 11) is 0. The first-order valence-corrected chi connectivity index (χ1v) is 9.67. The number of piperidine rings is 1. The van der Waals surface area contributed by atoms with Gasteiger partial charge in [-0.15, -0.1) is 0 Å². The summed E-state index contributed by atoms with van der Waals surface area (Å²) in [6.07, 6.45) is 2.68. The Morgan fingerprint density at radius 3 is 2.54 bits per heavy atom. The van der Waals surface area contributed by atoms with Crippen molar-refractivity contribution in [2.24, 2.45) is 0 Å². The van der Waals surface area contributed by atoms with Crippen molar-refractivity contribution in [3.63, 3.8) is 0 Å². The molecule has 2 aromatic rings. The summed E-state index contributed by atoms with van der Waals surface area (Å²) in [5.41, 5.74) is 1.66. The minimum absolute atomic E-state index is 0.0661. The number of hydrogen-bond donors (Lipinski definition) is 0. The Morgan fingerprint density at radius 2 is 1.93 bits per heavy atom. The molecule has 1 spiro atoms. The fourth-order valence-electron chi connectivity index (χ4n) is 3.89. The monoisotopic (exact) mass is 380 g/mol. The highest BCUT2D eigenvalue weighted by atomic mass is 16.6. The molecule has 0 N–H and O–H groups in total. The highest BCUT2D eigenvalue weighted by Gasteiger charge is 2.47. The van der Waals surface area contributed by atoms with Gasteiger partial charge in [0, 0.05) is 44.2 Å². The Labute approximate surface area is 164 Å². The quantitative estimate of drug-likeness (QED) is 0.818. The van der Waals surface area contributed by atoms with Gasteiger partial charge in [0.25, 0.3) is 5.91 Å². The molecule has 0 unspecified atom stereocenters. The van der Waals surface area contributed by atoms with Gasteiger partial charge >= 0.3 is 6.09 Å². The van der Waals surface area contributed by atoms with Crippen LogP contribution >= 0.6 is 0 Å². The van der Waals surface area contributed by atoms with Crippen molar-refractivity contribution in [2.75, 3.05) is 26.2 Å². The van der Waals surface area contributed by atoms with Crippen molar-refractivity contribution >= 4 is 12.0 Å². The van der Waals surface area contributed by atoms with Crippen LogP contribution in [-0.4, -0.2) is 63.5 Å². The number of carbonyl (C=O) groups excluding carboxylic acids is 2. The van der Waals surface area contributed by atoms with Crippen LogP contribution in [0.4, 0.5) is 4.79 Å². The molecule has 1 aromatic heterocycles. The molecule has 146 valence electrons. The van der Waals surface area contributed by atoms with Crippen molar-refractivity contribution in [2.45, 2.75) is 32.3 Å². The number of likely N-dealkylation sites (N-methyl/N-ethyl adjacent to an activating group) is 1. The van der Waals surface area contributed by atoms with E-state index in [9.17, 15) is 9.59 Å². The molecule has 0 bridgehead atoms. The van der Waals surface area contributed by atoms with E-state index in [1.165, 1.54) is 0 Å². The van der Waals surface area contributed by atoms with Crippen LogP contribution < -0.4 is 0 Å². The van der Waals surface area contributed by atoms with Crippen LogP contribution in [0.3, 0.4) is 0 Å². The van der Waals surface area contributed by atoms with Gasteiger partial charge in [-0.25, -0.2) is 14.8 Å². The summed E-state index contributed by atoms with van der Waals surface area (Å²) >= 11 is 0. The molecule has 3 heterocycles. The first kappa shape index (κ1) is 18.4. The lowest BCUT2D eigenvalue weighted by Gasteiger charge is -2.37. The Hall–Kier alpha value is -2.96. The molecule has 0 radical (unpaired) electrons. The molecule has 2 fully saturated rings. The van der Waals surface area contributed by atoms with E-state index in [4.69, 9.17) is 4.74 Å². The van der Waals surface area contributed by atoms with Crippen LogP contribution in [0.25, 0.3) is 11.4 Å². The Balaban J connectivity index is 1.45. The van der Waals surface area contributed by atoms with Crippen LogP contribution in [0.15, 0.2) is 36.5 Å². The fourth-order valence-corrected chi connectivity index (χ4v) is 3.89. The Morgan fingerprint density at radius 1 is 1.21 bits per heavy atom. The lowest BCUT2D eigenvalue weighted by atomic mass is 9.91. The third-order valence-electron chi connectivity index (χ3n) is 5.63. The second-order valence-electron chi connectivity index (χ2n) is 7.42. The summed E-state index contributed by atoms with van der Waals surface area (Å²) in [6.45, 7) is 6.16. The van der Waals surface area contributed by atoms with Gasteiger partial charge < -0.3 is 14.5 Å². The number of rotatable bonds is 3. The summed E-state index contributed by atoms with van der Waals surface area (Å²) < 4.78 is 5.64. The van der Waals surface area contributed by atoms with Gasteiger partial charge in [-0.05, 0) is 13.8 Å². The summed E-state index contributed by atoms with van der Waals surface area (Å²) in [6, 6.07) is 9.71. The number of benzene rings is 1. The van der Waals surface area contributed by atoms with Crippen LogP contribution in [0.5, 0.6) is 0 Å². The van der Waals surface area contributed by atoms with E-state index in [1.807, 2.05) is 49.1 Å². The minimum Gasteiger partial charge on any atom is -0.441 e. The standard InChI is InChI=1S/C21H24N4O3/c1-3-24-14-21(28-20(24)27)9-11-25(12-10-21)19(26)17-13-22-18(23-15(17)2)16-7-5-4-6-8-16/h4-8,13H,3,9-12,14H2,1-2H3. The second kappa shape index (κ2) is 7.22. The predicted octanol–water partition coefficient (Wildman–Crippen LogP) is 2.90. The fraction of sp³-hybridized carbons (Fsp3) is 0.429. The van der Waals surface area contributed by atoms with E-state index >= 15 is 0 Å². The molecule has 2 aliphatic rings. The van der Waals surface area contributed by atoms with Crippen molar-refractivity contribution in [3.05, 3.63) is 47.8 Å². The summed E-state index contributed by atoms with van der Waals surface area (Å²) in [5.74, 6) is 0.549.